The summed E-state index contributed by atoms with van der Waals surface area (Å²) in [4.78, 5) is 16.2. The Bertz CT molecular complexity index is 653. The molecule has 0 aliphatic rings. The van der Waals surface area contributed by atoms with Crippen molar-refractivity contribution in [1.29, 1.82) is 0 Å². The molecule has 5 heteroatoms. The lowest BCUT2D eigenvalue weighted by atomic mass is 10.1. The highest BCUT2D eigenvalue weighted by Crippen LogP contribution is 2.26. The van der Waals surface area contributed by atoms with Crippen molar-refractivity contribution in [2.24, 2.45) is 0 Å². The first-order valence-electron chi connectivity index (χ1n) is 6.68. The highest BCUT2D eigenvalue weighted by molar-refractivity contribution is 6.06. The van der Waals surface area contributed by atoms with Gasteiger partial charge in [0.05, 0.1) is 19.0 Å². The number of methoxy groups -OCH3 is 2. The van der Waals surface area contributed by atoms with Crippen LogP contribution in [0.5, 0.6) is 11.5 Å². The van der Waals surface area contributed by atoms with Gasteiger partial charge in [0.15, 0.2) is 24.1 Å². The van der Waals surface area contributed by atoms with E-state index in [1.807, 2.05) is 18.2 Å². The summed E-state index contributed by atoms with van der Waals surface area (Å²) in [6, 6.07) is 10.7. The Morgan fingerprint density at radius 3 is 2.64 bits per heavy atom. The molecular weight excluding hydrogens is 282 g/mol. The zero-order chi connectivity index (χ0) is 15.8. The van der Waals surface area contributed by atoms with Crippen molar-refractivity contribution in [2.45, 2.75) is 0 Å². The molecule has 0 saturated heterocycles. The van der Waals surface area contributed by atoms with Crippen molar-refractivity contribution in [2.75, 3.05) is 21.0 Å². The van der Waals surface area contributed by atoms with Gasteiger partial charge in [0, 0.05) is 18.7 Å². The molecule has 1 heterocycles. The minimum atomic E-state index is -0.0823. The second-order valence-corrected chi connectivity index (χ2v) is 4.37. The summed E-state index contributed by atoms with van der Waals surface area (Å²) in [5.41, 5.74) is 1.23. The highest BCUT2D eigenvalue weighted by Gasteiger charge is 2.06. The molecule has 22 heavy (non-hydrogen) atoms. The van der Waals surface area contributed by atoms with Crippen molar-refractivity contribution in [3.63, 3.8) is 0 Å². The van der Waals surface area contributed by atoms with Crippen LogP contribution in [0.25, 0.3) is 6.08 Å². The van der Waals surface area contributed by atoms with Crippen molar-refractivity contribution in [3.8, 4) is 11.5 Å². The fraction of sp³-hybridized carbons (Fsp3) is 0.176. The average molecular weight is 299 g/mol. The van der Waals surface area contributed by atoms with Crippen molar-refractivity contribution < 1.29 is 19.0 Å². The van der Waals surface area contributed by atoms with Crippen LogP contribution >= 0.6 is 0 Å². The minimum Gasteiger partial charge on any atom is -0.493 e. The normalized spacial score (nSPS) is 10.6. The van der Waals surface area contributed by atoms with Gasteiger partial charge in [-0.05, 0) is 12.2 Å². The van der Waals surface area contributed by atoms with Gasteiger partial charge in [-0.25, -0.2) is 0 Å². The number of ether oxygens (including phenoxy) is 3. The zero-order valence-corrected chi connectivity index (χ0v) is 12.5. The first-order valence-corrected chi connectivity index (χ1v) is 6.68. The van der Waals surface area contributed by atoms with Crippen molar-refractivity contribution in [1.82, 2.24) is 4.98 Å². The molecule has 0 aliphatic heterocycles. The monoisotopic (exact) mass is 299 g/mol. The quantitative estimate of drug-likeness (QED) is 0.447. The molecule has 0 amide bonds. The average Bonchev–Trinajstić information content (AvgIpc) is 2.58. The predicted molar refractivity (Wildman–Crippen MR) is 83.1 cm³/mol. The smallest absolute Gasteiger partial charge is 0.189 e. The SMILES string of the molecule is COCOc1cnc(/C=C/C(=O)c2ccccc2)cc1OC. The summed E-state index contributed by atoms with van der Waals surface area (Å²) < 4.78 is 15.4. The van der Waals surface area contributed by atoms with Gasteiger partial charge in [0.25, 0.3) is 0 Å². The summed E-state index contributed by atoms with van der Waals surface area (Å²) in [6.07, 6.45) is 4.65. The van der Waals surface area contributed by atoms with Gasteiger partial charge in [-0.3, -0.25) is 9.78 Å². The maximum absolute atomic E-state index is 12.0. The van der Waals surface area contributed by atoms with E-state index < -0.39 is 0 Å². The van der Waals surface area contributed by atoms with Crippen LogP contribution in [0.3, 0.4) is 0 Å². The van der Waals surface area contributed by atoms with Crippen LogP contribution in [-0.2, 0) is 4.74 Å². The van der Waals surface area contributed by atoms with E-state index in [-0.39, 0.29) is 12.6 Å². The number of rotatable bonds is 7. The topological polar surface area (TPSA) is 57.7 Å². The Balaban J connectivity index is 2.12. The Morgan fingerprint density at radius 1 is 1.18 bits per heavy atom. The maximum atomic E-state index is 12.0. The molecule has 1 aromatic heterocycles. The molecule has 0 unspecified atom stereocenters. The summed E-state index contributed by atoms with van der Waals surface area (Å²) in [5, 5.41) is 0. The molecule has 2 aromatic rings. The lowest BCUT2D eigenvalue weighted by Gasteiger charge is -2.09. The van der Waals surface area contributed by atoms with Crippen molar-refractivity contribution >= 4 is 11.9 Å². The number of carbonyl (C=O) groups excluding carboxylic acids is 1. The predicted octanol–water partition coefficient (Wildman–Crippen LogP) is 2.97. The number of aromatic nitrogens is 1. The highest BCUT2D eigenvalue weighted by atomic mass is 16.7. The molecule has 5 nitrogen and oxygen atoms in total. The second kappa shape index (κ2) is 7.95. The first-order chi connectivity index (χ1) is 10.7. The molecular formula is C17H17NO4. The van der Waals surface area contributed by atoms with Crippen LogP contribution in [0.4, 0.5) is 0 Å². The summed E-state index contributed by atoms with van der Waals surface area (Å²) in [6.45, 7) is 0.111. The molecule has 0 N–H and O–H groups in total. The molecule has 0 atom stereocenters. The largest absolute Gasteiger partial charge is 0.493 e. The first kappa shape index (κ1) is 15.7. The Hall–Kier alpha value is -2.66. The van der Waals surface area contributed by atoms with Crippen molar-refractivity contribution in [3.05, 3.63) is 59.9 Å². The lowest BCUT2D eigenvalue weighted by molar-refractivity contribution is 0.0488. The summed E-state index contributed by atoms with van der Waals surface area (Å²) in [5.74, 6) is 0.927. The van der Waals surface area contributed by atoms with Gasteiger partial charge in [0.1, 0.15) is 0 Å². The van der Waals surface area contributed by atoms with E-state index in [2.05, 4.69) is 4.98 Å². The van der Waals surface area contributed by atoms with Crippen LogP contribution in [0.1, 0.15) is 16.1 Å². The van der Waals surface area contributed by atoms with Gasteiger partial charge in [-0.2, -0.15) is 0 Å². The Labute approximate surface area is 129 Å². The van der Waals surface area contributed by atoms with E-state index in [0.717, 1.165) is 0 Å². The lowest BCUT2D eigenvalue weighted by Crippen LogP contribution is -2.01. The Morgan fingerprint density at radius 2 is 1.95 bits per heavy atom. The number of benzene rings is 1. The van der Waals surface area contributed by atoms with E-state index in [1.165, 1.54) is 26.5 Å². The third-order valence-corrected chi connectivity index (χ3v) is 2.87. The number of ketones is 1. The van der Waals surface area contributed by atoms with E-state index in [0.29, 0.717) is 22.8 Å². The van der Waals surface area contributed by atoms with Gasteiger partial charge < -0.3 is 14.2 Å². The fourth-order valence-corrected chi connectivity index (χ4v) is 1.78. The van der Waals surface area contributed by atoms with E-state index in [9.17, 15) is 4.79 Å². The number of allylic oxidation sites excluding steroid dienone is 1. The molecule has 0 saturated carbocycles. The number of carbonyl (C=O) groups is 1. The van der Waals surface area contributed by atoms with Gasteiger partial charge in [-0.15, -0.1) is 0 Å². The number of pyridine rings is 1. The van der Waals surface area contributed by atoms with E-state index in [4.69, 9.17) is 14.2 Å². The third-order valence-electron chi connectivity index (χ3n) is 2.87. The van der Waals surface area contributed by atoms with E-state index in [1.54, 1.807) is 24.3 Å². The molecule has 0 radical (unpaired) electrons. The van der Waals surface area contributed by atoms with Gasteiger partial charge in [0.2, 0.25) is 0 Å². The zero-order valence-electron chi connectivity index (χ0n) is 12.5. The van der Waals surface area contributed by atoms with E-state index >= 15 is 0 Å². The third kappa shape index (κ3) is 4.17. The van der Waals surface area contributed by atoms with Crippen LogP contribution in [0.2, 0.25) is 0 Å². The molecule has 0 fully saturated rings. The molecule has 2 rings (SSSR count). The number of nitrogens with zero attached hydrogens (tertiary/aromatic N) is 1. The molecule has 0 aliphatic carbocycles. The van der Waals surface area contributed by atoms with Gasteiger partial charge in [-0.1, -0.05) is 30.3 Å². The number of hydrogen-bond donors (Lipinski definition) is 0. The summed E-state index contributed by atoms with van der Waals surface area (Å²) in [7, 11) is 3.07. The molecule has 114 valence electrons. The second-order valence-electron chi connectivity index (χ2n) is 4.37. The Kier molecular flexibility index (Phi) is 5.68. The molecule has 0 bridgehead atoms. The molecule has 1 aromatic carbocycles. The van der Waals surface area contributed by atoms with Gasteiger partial charge >= 0.3 is 0 Å². The molecule has 0 spiro atoms. The minimum absolute atomic E-state index is 0.0823. The van der Waals surface area contributed by atoms with Crippen LogP contribution in [0, 0.1) is 0 Å². The van der Waals surface area contributed by atoms with Crippen LogP contribution in [0.15, 0.2) is 48.7 Å². The summed E-state index contributed by atoms with van der Waals surface area (Å²) >= 11 is 0. The maximum Gasteiger partial charge on any atom is 0.189 e. The van der Waals surface area contributed by atoms with Crippen LogP contribution < -0.4 is 9.47 Å². The van der Waals surface area contributed by atoms with Crippen LogP contribution in [-0.4, -0.2) is 31.8 Å². The fourth-order valence-electron chi connectivity index (χ4n) is 1.78. The standard InChI is InChI=1S/C17H17NO4/c1-20-12-22-17-11-18-14(10-16(17)21-2)8-9-15(19)13-6-4-3-5-7-13/h3-11H,12H2,1-2H3/b9-8+. The number of hydrogen-bond acceptors (Lipinski definition) is 5.